The molecular weight excluding hydrogens is 282 g/mol. The maximum absolute atomic E-state index is 12.0. The largest absolute Gasteiger partial charge is 0.281 e. The second-order valence-corrected chi connectivity index (χ2v) is 5.33. The molecule has 2 rings (SSSR count). The molecule has 1 aliphatic rings. The van der Waals surface area contributed by atoms with Gasteiger partial charge in [0.05, 0.1) is 6.42 Å². The van der Waals surface area contributed by atoms with E-state index in [1.165, 1.54) is 11.9 Å². The predicted molar refractivity (Wildman–Crippen MR) is 69.2 cm³/mol. The SMILES string of the molecule is CCC(Br)c1ccc2c(c1)C(=O)N(C)C(=O)C2. The monoisotopic (exact) mass is 295 g/mol. The molecule has 0 aromatic heterocycles. The number of hydrogen-bond donors (Lipinski definition) is 0. The van der Waals surface area contributed by atoms with E-state index in [4.69, 9.17) is 0 Å². The van der Waals surface area contributed by atoms with Gasteiger partial charge >= 0.3 is 0 Å². The van der Waals surface area contributed by atoms with Gasteiger partial charge in [-0.3, -0.25) is 14.5 Å². The lowest BCUT2D eigenvalue weighted by molar-refractivity contribution is -0.127. The molecule has 1 aromatic carbocycles. The summed E-state index contributed by atoms with van der Waals surface area (Å²) in [7, 11) is 1.53. The lowest BCUT2D eigenvalue weighted by Crippen LogP contribution is -2.39. The zero-order valence-corrected chi connectivity index (χ0v) is 11.5. The number of alkyl halides is 1. The van der Waals surface area contributed by atoms with Crippen molar-refractivity contribution in [3.8, 4) is 0 Å². The van der Waals surface area contributed by atoms with Crippen molar-refractivity contribution in [1.82, 2.24) is 4.90 Å². The van der Waals surface area contributed by atoms with Crippen LogP contribution in [0.4, 0.5) is 0 Å². The molecule has 0 N–H and O–H groups in total. The first kappa shape index (κ1) is 12.3. The van der Waals surface area contributed by atoms with Crippen LogP contribution in [-0.4, -0.2) is 23.8 Å². The van der Waals surface area contributed by atoms with Crippen LogP contribution in [0.15, 0.2) is 18.2 Å². The number of rotatable bonds is 2. The molecule has 0 aliphatic carbocycles. The molecule has 90 valence electrons. The van der Waals surface area contributed by atoms with Crippen molar-refractivity contribution < 1.29 is 9.59 Å². The van der Waals surface area contributed by atoms with E-state index in [-0.39, 0.29) is 16.6 Å². The van der Waals surface area contributed by atoms with Crippen molar-refractivity contribution in [2.75, 3.05) is 7.05 Å². The van der Waals surface area contributed by atoms with Crippen LogP contribution in [0.5, 0.6) is 0 Å². The van der Waals surface area contributed by atoms with Crippen LogP contribution in [-0.2, 0) is 11.2 Å². The zero-order chi connectivity index (χ0) is 12.6. The molecule has 1 heterocycles. The van der Waals surface area contributed by atoms with Crippen molar-refractivity contribution in [2.24, 2.45) is 0 Å². The second-order valence-electron chi connectivity index (χ2n) is 4.23. The van der Waals surface area contributed by atoms with Crippen molar-refractivity contribution in [3.05, 3.63) is 34.9 Å². The Kier molecular flexibility index (Phi) is 3.33. The number of imide groups is 1. The first-order chi connectivity index (χ1) is 8.04. The van der Waals surface area contributed by atoms with Crippen molar-refractivity contribution >= 4 is 27.7 Å². The summed E-state index contributed by atoms with van der Waals surface area (Å²) in [5, 5.41) is 0. The van der Waals surface area contributed by atoms with Gasteiger partial charge in [0, 0.05) is 17.4 Å². The molecule has 3 nitrogen and oxygen atoms in total. The topological polar surface area (TPSA) is 37.4 Å². The molecule has 0 saturated heterocycles. The fourth-order valence-corrected chi connectivity index (χ4v) is 2.24. The highest BCUT2D eigenvalue weighted by atomic mass is 79.9. The average Bonchev–Trinajstić information content (AvgIpc) is 2.35. The number of carbonyl (C=O) groups is 2. The zero-order valence-electron chi connectivity index (χ0n) is 9.87. The lowest BCUT2D eigenvalue weighted by atomic mass is 9.95. The standard InChI is InChI=1S/C13H14BrNO2/c1-3-11(14)9-5-4-8-7-12(16)15(2)13(17)10(8)6-9/h4-6,11H,3,7H2,1-2H3. The normalized spacial score (nSPS) is 17.0. The summed E-state index contributed by atoms with van der Waals surface area (Å²) in [5.41, 5.74) is 2.57. The molecule has 0 spiro atoms. The number of carbonyl (C=O) groups excluding carboxylic acids is 2. The van der Waals surface area contributed by atoms with E-state index < -0.39 is 0 Å². The number of benzene rings is 1. The second kappa shape index (κ2) is 4.61. The predicted octanol–water partition coefficient (Wildman–Crippen LogP) is 2.69. The third kappa shape index (κ3) is 2.14. The molecule has 2 amide bonds. The van der Waals surface area contributed by atoms with Crippen LogP contribution in [0, 0.1) is 0 Å². The van der Waals surface area contributed by atoms with Gasteiger partial charge < -0.3 is 0 Å². The maximum atomic E-state index is 12.0. The molecule has 17 heavy (non-hydrogen) atoms. The van der Waals surface area contributed by atoms with E-state index in [1.54, 1.807) is 0 Å². The summed E-state index contributed by atoms with van der Waals surface area (Å²) in [6, 6.07) is 5.76. The van der Waals surface area contributed by atoms with E-state index in [0.717, 1.165) is 17.5 Å². The number of amides is 2. The van der Waals surface area contributed by atoms with E-state index in [1.807, 2.05) is 18.2 Å². The molecule has 1 aliphatic heterocycles. The minimum atomic E-state index is -0.200. The summed E-state index contributed by atoms with van der Waals surface area (Å²) < 4.78 is 0. The Hall–Kier alpha value is -1.16. The van der Waals surface area contributed by atoms with Crippen LogP contribution in [0.1, 0.15) is 39.7 Å². The Balaban J connectivity index is 2.45. The summed E-state index contributed by atoms with van der Waals surface area (Å²) >= 11 is 3.57. The molecule has 4 heteroatoms. The van der Waals surface area contributed by atoms with E-state index in [2.05, 4.69) is 22.9 Å². The van der Waals surface area contributed by atoms with Crippen molar-refractivity contribution in [2.45, 2.75) is 24.6 Å². The fraction of sp³-hybridized carbons (Fsp3) is 0.385. The summed E-state index contributed by atoms with van der Waals surface area (Å²) in [5.74, 6) is -0.338. The minimum absolute atomic E-state index is 0.138. The third-order valence-corrected chi connectivity index (χ3v) is 4.28. The van der Waals surface area contributed by atoms with Gasteiger partial charge in [-0.1, -0.05) is 35.0 Å². The Bertz CT molecular complexity index is 484. The quantitative estimate of drug-likeness (QED) is 0.621. The minimum Gasteiger partial charge on any atom is -0.281 e. The van der Waals surface area contributed by atoms with Crippen molar-refractivity contribution in [3.63, 3.8) is 0 Å². The third-order valence-electron chi connectivity index (χ3n) is 3.10. The number of hydrogen-bond acceptors (Lipinski definition) is 2. The lowest BCUT2D eigenvalue weighted by Gasteiger charge is -2.24. The molecule has 1 unspecified atom stereocenters. The molecule has 0 fully saturated rings. The first-order valence-corrected chi connectivity index (χ1v) is 6.54. The molecule has 1 aromatic rings. The average molecular weight is 296 g/mol. The van der Waals surface area contributed by atoms with Gasteiger partial charge in [0.2, 0.25) is 5.91 Å². The Morgan fingerprint density at radius 3 is 2.76 bits per heavy atom. The van der Waals surface area contributed by atoms with Gasteiger partial charge in [0.25, 0.3) is 5.91 Å². The number of fused-ring (bicyclic) bond motifs is 1. The van der Waals surface area contributed by atoms with Gasteiger partial charge in [-0.05, 0) is 23.6 Å². The van der Waals surface area contributed by atoms with Gasteiger partial charge in [-0.15, -0.1) is 0 Å². The summed E-state index contributed by atoms with van der Waals surface area (Å²) in [6.45, 7) is 2.08. The molecule has 0 radical (unpaired) electrons. The van der Waals surface area contributed by atoms with Gasteiger partial charge in [0.1, 0.15) is 0 Å². The van der Waals surface area contributed by atoms with E-state index in [0.29, 0.717) is 12.0 Å². The van der Waals surface area contributed by atoms with Crippen molar-refractivity contribution in [1.29, 1.82) is 0 Å². The number of nitrogens with zero attached hydrogens (tertiary/aromatic N) is 1. The molecular formula is C13H14BrNO2. The van der Waals surface area contributed by atoms with Gasteiger partial charge in [-0.25, -0.2) is 0 Å². The summed E-state index contributed by atoms with van der Waals surface area (Å²) in [4.78, 5) is 25.0. The maximum Gasteiger partial charge on any atom is 0.260 e. The van der Waals surface area contributed by atoms with Gasteiger partial charge in [0.15, 0.2) is 0 Å². The highest BCUT2D eigenvalue weighted by Gasteiger charge is 2.28. The highest BCUT2D eigenvalue weighted by Crippen LogP contribution is 2.29. The smallest absolute Gasteiger partial charge is 0.260 e. The van der Waals surface area contributed by atoms with Crippen LogP contribution < -0.4 is 0 Å². The Morgan fingerprint density at radius 2 is 2.12 bits per heavy atom. The van der Waals surface area contributed by atoms with Crippen LogP contribution >= 0.6 is 15.9 Å². The van der Waals surface area contributed by atoms with E-state index >= 15 is 0 Å². The first-order valence-electron chi connectivity index (χ1n) is 5.62. The van der Waals surface area contributed by atoms with Crippen LogP contribution in [0.25, 0.3) is 0 Å². The number of halogens is 1. The highest BCUT2D eigenvalue weighted by molar-refractivity contribution is 9.09. The Morgan fingerprint density at radius 1 is 1.41 bits per heavy atom. The Labute approximate surface area is 109 Å². The summed E-state index contributed by atoms with van der Waals surface area (Å²) in [6.07, 6.45) is 1.28. The van der Waals surface area contributed by atoms with E-state index in [9.17, 15) is 9.59 Å². The molecule has 0 saturated carbocycles. The molecule has 1 atom stereocenters. The fourth-order valence-electron chi connectivity index (χ4n) is 1.95. The molecule has 0 bridgehead atoms. The number of likely N-dealkylation sites (N-methyl/N-ethyl adjacent to an activating group) is 1. The van der Waals surface area contributed by atoms with Crippen LogP contribution in [0.2, 0.25) is 0 Å². The van der Waals surface area contributed by atoms with Gasteiger partial charge in [-0.2, -0.15) is 0 Å². The van der Waals surface area contributed by atoms with Crippen LogP contribution in [0.3, 0.4) is 0 Å².